The molecule has 0 unspecified atom stereocenters. The van der Waals surface area contributed by atoms with Crippen LogP contribution in [0.1, 0.15) is 11.6 Å². The van der Waals surface area contributed by atoms with Crippen LogP contribution in [0.25, 0.3) is 11.3 Å². The lowest BCUT2D eigenvalue weighted by molar-refractivity contribution is -0.113. The molecule has 3 aromatic rings. The molecule has 0 aliphatic heterocycles. The highest BCUT2D eigenvalue weighted by atomic mass is 32.2. The average molecular weight is 371 g/mol. The summed E-state index contributed by atoms with van der Waals surface area (Å²) in [4.78, 5) is 20.9. The van der Waals surface area contributed by atoms with Crippen molar-refractivity contribution in [2.45, 2.75) is 18.7 Å². The Kier molecular flexibility index (Phi) is 5.92. The van der Waals surface area contributed by atoms with Crippen LogP contribution in [-0.2, 0) is 16.1 Å². The molecule has 3 rings (SSSR count). The minimum Gasteiger partial charge on any atom is -0.405 e. The molecular formula is C17H17N5O3S. The van der Waals surface area contributed by atoms with E-state index in [0.29, 0.717) is 11.0 Å². The summed E-state index contributed by atoms with van der Waals surface area (Å²) < 4.78 is 10.1. The lowest BCUT2D eigenvalue weighted by Gasteiger charge is -2.06. The maximum Gasteiger partial charge on any atom is 0.322 e. The number of aromatic nitrogens is 4. The number of thioether (sulfide) groups is 1. The molecule has 9 heteroatoms. The van der Waals surface area contributed by atoms with Gasteiger partial charge < -0.3 is 9.15 Å². The van der Waals surface area contributed by atoms with Crippen LogP contribution in [0.3, 0.4) is 0 Å². The lowest BCUT2D eigenvalue weighted by atomic mass is 10.1. The second-order valence-electron chi connectivity index (χ2n) is 5.31. The van der Waals surface area contributed by atoms with Crippen LogP contribution >= 0.6 is 11.8 Å². The summed E-state index contributed by atoms with van der Waals surface area (Å²) in [6.45, 7) is 2.09. The number of benzene rings is 1. The molecular weight excluding hydrogens is 354 g/mol. The number of aryl methyl sites for hydroxylation is 1. The van der Waals surface area contributed by atoms with Crippen LogP contribution in [0.15, 0.2) is 46.0 Å². The molecule has 2 heterocycles. The fourth-order valence-corrected chi connectivity index (χ4v) is 2.84. The number of methoxy groups -OCH3 is 1. The van der Waals surface area contributed by atoms with Gasteiger partial charge in [0.05, 0.1) is 11.4 Å². The Bertz CT molecular complexity index is 885. The first kappa shape index (κ1) is 18.0. The molecule has 0 bridgehead atoms. The zero-order valence-corrected chi connectivity index (χ0v) is 15.1. The number of nitrogens with zero attached hydrogens (tertiary/aromatic N) is 4. The molecule has 1 amide bonds. The van der Waals surface area contributed by atoms with Crippen LogP contribution in [0.2, 0.25) is 0 Å². The number of carbonyl (C=O) groups is 1. The van der Waals surface area contributed by atoms with E-state index >= 15 is 0 Å². The number of hydrogen-bond donors (Lipinski definition) is 1. The molecule has 2 aromatic heterocycles. The smallest absolute Gasteiger partial charge is 0.322 e. The van der Waals surface area contributed by atoms with E-state index in [1.807, 2.05) is 43.3 Å². The molecule has 0 spiro atoms. The van der Waals surface area contributed by atoms with E-state index in [0.717, 1.165) is 17.0 Å². The number of rotatable bonds is 7. The highest BCUT2D eigenvalue weighted by molar-refractivity contribution is 7.99. The number of amides is 1. The molecule has 0 fully saturated rings. The van der Waals surface area contributed by atoms with Crippen LogP contribution in [0.4, 0.5) is 6.01 Å². The number of ether oxygens (including phenoxy) is 1. The van der Waals surface area contributed by atoms with Gasteiger partial charge >= 0.3 is 6.01 Å². The molecule has 1 aromatic carbocycles. The first-order chi connectivity index (χ1) is 12.6. The van der Waals surface area contributed by atoms with Crippen molar-refractivity contribution in [3.05, 3.63) is 48.0 Å². The number of carbonyl (C=O) groups excluding carboxylic acids is 1. The van der Waals surface area contributed by atoms with E-state index in [4.69, 9.17) is 9.15 Å². The van der Waals surface area contributed by atoms with Crippen molar-refractivity contribution in [1.29, 1.82) is 0 Å². The molecule has 0 atom stereocenters. The van der Waals surface area contributed by atoms with Gasteiger partial charge in [-0.3, -0.25) is 10.1 Å². The SMILES string of the molecule is COCc1nnc(NC(=O)CSc2nc(C)cc(-c3ccccc3)n2)o1. The normalized spacial score (nSPS) is 10.7. The van der Waals surface area contributed by atoms with Gasteiger partial charge in [0.1, 0.15) is 6.61 Å². The highest BCUT2D eigenvalue weighted by Crippen LogP contribution is 2.21. The second kappa shape index (κ2) is 8.54. The molecule has 0 aliphatic rings. The Morgan fingerprint density at radius 2 is 2.04 bits per heavy atom. The molecule has 1 N–H and O–H groups in total. The van der Waals surface area contributed by atoms with Gasteiger partial charge in [-0.25, -0.2) is 9.97 Å². The minimum atomic E-state index is -0.283. The molecule has 0 aliphatic carbocycles. The molecule has 0 radical (unpaired) electrons. The first-order valence-electron chi connectivity index (χ1n) is 7.79. The Labute approximate surface area is 154 Å². The van der Waals surface area contributed by atoms with Crippen LogP contribution in [0, 0.1) is 6.92 Å². The van der Waals surface area contributed by atoms with Crippen molar-refractivity contribution < 1.29 is 13.9 Å². The first-order valence-corrected chi connectivity index (χ1v) is 8.77. The maximum atomic E-state index is 12.0. The predicted molar refractivity (Wildman–Crippen MR) is 96.6 cm³/mol. The molecule has 26 heavy (non-hydrogen) atoms. The van der Waals surface area contributed by atoms with Crippen molar-refractivity contribution in [3.63, 3.8) is 0 Å². The van der Waals surface area contributed by atoms with Crippen molar-refractivity contribution in [2.24, 2.45) is 0 Å². The van der Waals surface area contributed by atoms with E-state index in [-0.39, 0.29) is 24.3 Å². The van der Waals surface area contributed by atoms with Crippen LogP contribution in [-0.4, -0.2) is 38.9 Å². The summed E-state index contributed by atoms with van der Waals surface area (Å²) in [6.07, 6.45) is 0. The summed E-state index contributed by atoms with van der Waals surface area (Å²) in [6, 6.07) is 11.8. The summed E-state index contributed by atoms with van der Waals surface area (Å²) in [5.74, 6) is 0.138. The number of hydrogen-bond acceptors (Lipinski definition) is 8. The van der Waals surface area contributed by atoms with Crippen LogP contribution < -0.4 is 5.32 Å². The summed E-state index contributed by atoms with van der Waals surface area (Å²) in [5, 5.41) is 10.5. The topological polar surface area (TPSA) is 103 Å². The van der Waals surface area contributed by atoms with Gasteiger partial charge in [0, 0.05) is 18.4 Å². The third-order valence-electron chi connectivity index (χ3n) is 3.22. The van der Waals surface area contributed by atoms with Crippen molar-refractivity contribution >= 4 is 23.7 Å². The summed E-state index contributed by atoms with van der Waals surface area (Å²) in [5.41, 5.74) is 2.66. The standard InChI is InChI=1S/C17H17N5O3S/c1-11-8-13(12-6-4-3-5-7-12)19-17(18-11)26-10-14(23)20-16-22-21-15(25-16)9-24-2/h3-8H,9-10H2,1-2H3,(H,20,22,23). The second-order valence-corrected chi connectivity index (χ2v) is 6.26. The van der Waals surface area contributed by atoms with Gasteiger partial charge in [-0.15, -0.1) is 5.10 Å². The van der Waals surface area contributed by atoms with E-state index in [1.165, 1.54) is 18.9 Å². The highest BCUT2D eigenvalue weighted by Gasteiger charge is 2.12. The Morgan fingerprint density at radius 1 is 1.23 bits per heavy atom. The van der Waals surface area contributed by atoms with Gasteiger partial charge in [0.2, 0.25) is 11.8 Å². The largest absolute Gasteiger partial charge is 0.405 e. The fourth-order valence-electron chi connectivity index (χ4n) is 2.13. The molecule has 0 saturated heterocycles. The van der Waals surface area contributed by atoms with Crippen molar-refractivity contribution in [2.75, 3.05) is 18.2 Å². The maximum absolute atomic E-state index is 12.0. The molecule has 0 saturated carbocycles. The average Bonchev–Trinajstić information content (AvgIpc) is 3.07. The third kappa shape index (κ3) is 4.87. The predicted octanol–water partition coefficient (Wildman–Crippen LogP) is 2.71. The fraction of sp³-hybridized carbons (Fsp3) is 0.235. The molecule has 8 nitrogen and oxygen atoms in total. The monoisotopic (exact) mass is 371 g/mol. The van der Waals surface area contributed by atoms with E-state index in [9.17, 15) is 4.79 Å². The van der Waals surface area contributed by atoms with Crippen molar-refractivity contribution in [3.8, 4) is 11.3 Å². The Morgan fingerprint density at radius 3 is 2.81 bits per heavy atom. The minimum absolute atomic E-state index is 0.0396. The van der Waals surface area contributed by atoms with Gasteiger partial charge in [-0.2, -0.15) is 0 Å². The van der Waals surface area contributed by atoms with Gasteiger partial charge in [-0.05, 0) is 13.0 Å². The van der Waals surface area contributed by atoms with E-state index in [2.05, 4.69) is 25.5 Å². The zero-order valence-electron chi connectivity index (χ0n) is 14.3. The zero-order chi connectivity index (χ0) is 18.4. The number of anilines is 1. The number of nitrogens with one attached hydrogen (secondary N) is 1. The van der Waals surface area contributed by atoms with E-state index < -0.39 is 0 Å². The van der Waals surface area contributed by atoms with Gasteiger partial charge in [-0.1, -0.05) is 47.2 Å². The Hall–Kier alpha value is -2.78. The van der Waals surface area contributed by atoms with Crippen molar-refractivity contribution in [1.82, 2.24) is 20.2 Å². The lowest BCUT2D eigenvalue weighted by Crippen LogP contribution is -2.14. The Balaban J connectivity index is 1.62. The van der Waals surface area contributed by atoms with E-state index in [1.54, 1.807) is 0 Å². The summed E-state index contributed by atoms with van der Waals surface area (Å²) in [7, 11) is 1.52. The van der Waals surface area contributed by atoms with Gasteiger partial charge in [0.15, 0.2) is 5.16 Å². The van der Waals surface area contributed by atoms with Gasteiger partial charge in [0.25, 0.3) is 0 Å². The summed E-state index contributed by atoms with van der Waals surface area (Å²) >= 11 is 1.24. The van der Waals surface area contributed by atoms with Crippen LogP contribution in [0.5, 0.6) is 0 Å². The molecule has 134 valence electrons. The quantitative estimate of drug-likeness (QED) is 0.499. The third-order valence-corrected chi connectivity index (χ3v) is 4.06.